The van der Waals surface area contributed by atoms with Crippen molar-refractivity contribution < 1.29 is 13.2 Å². The zero-order valence-electron chi connectivity index (χ0n) is 17.6. The van der Waals surface area contributed by atoms with Gasteiger partial charge in [0.05, 0.1) is 19.0 Å². The summed E-state index contributed by atoms with van der Waals surface area (Å²) in [5.41, 5.74) is 2.42. The fraction of sp³-hybridized carbons (Fsp3) is 0.318. The predicted octanol–water partition coefficient (Wildman–Crippen LogP) is 2.36. The number of benzene rings is 1. The summed E-state index contributed by atoms with van der Waals surface area (Å²) in [4.78, 5) is 15.1. The Bertz CT molecular complexity index is 1130. The number of hydrogen-bond donors (Lipinski definition) is 0. The molecule has 0 atom stereocenters. The SMILES string of the molecule is COc1ccc(CN2CCN(S(=O)(=O)c3cnc(-c4ccncc4)nc3C)CC2)cc1. The number of aromatic nitrogens is 3. The molecule has 3 aromatic rings. The average molecular weight is 440 g/mol. The molecule has 1 aliphatic rings. The van der Waals surface area contributed by atoms with Crippen LogP contribution in [0.3, 0.4) is 0 Å². The van der Waals surface area contributed by atoms with Crippen LogP contribution in [0.1, 0.15) is 11.3 Å². The van der Waals surface area contributed by atoms with Gasteiger partial charge in [0.2, 0.25) is 10.0 Å². The first-order chi connectivity index (χ1) is 15.0. The lowest BCUT2D eigenvalue weighted by Crippen LogP contribution is -2.48. The van der Waals surface area contributed by atoms with E-state index in [4.69, 9.17) is 4.74 Å². The van der Waals surface area contributed by atoms with Gasteiger partial charge >= 0.3 is 0 Å². The van der Waals surface area contributed by atoms with E-state index < -0.39 is 10.0 Å². The Morgan fingerprint density at radius 2 is 1.68 bits per heavy atom. The van der Waals surface area contributed by atoms with Crippen LogP contribution in [0, 0.1) is 6.92 Å². The standard InChI is InChI=1S/C22H25N5O3S/c1-17-21(15-24-22(25-17)19-7-9-23-10-8-19)31(28,29)27-13-11-26(12-14-27)16-18-3-5-20(30-2)6-4-18/h3-10,15H,11-14,16H2,1-2H3. The number of methoxy groups -OCH3 is 1. The number of sulfonamides is 1. The van der Waals surface area contributed by atoms with Crippen molar-refractivity contribution in [3.63, 3.8) is 0 Å². The number of ether oxygens (including phenoxy) is 1. The van der Waals surface area contributed by atoms with Gasteiger partial charge in [-0.3, -0.25) is 9.88 Å². The Hall–Kier alpha value is -2.88. The van der Waals surface area contributed by atoms with E-state index in [0.29, 0.717) is 37.7 Å². The second-order valence-corrected chi connectivity index (χ2v) is 9.31. The highest BCUT2D eigenvalue weighted by molar-refractivity contribution is 7.89. The highest BCUT2D eigenvalue weighted by atomic mass is 32.2. The maximum Gasteiger partial charge on any atom is 0.246 e. The summed E-state index contributed by atoms with van der Waals surface area (Å²) in [6, 6.07) is 11.5. The Balaban J connectivity index is 1.43. The van der Waals surface area contributed by atoms with Gasteiger partial charge < -0.3 is 4.74 Å². The van der Waals surface area contributed by atoms with Gasteiger partial charge in [-0.2, -0.15) is 4.31 Å². The summed E-state index contributed by atoms with van der Waals surface area (Å²) in [7, 11) is -2.00. The topological polar surface area (TPSA) is 88.5 Å². The number of piperazine rings is 1. The molecule has 0 bridgehead atoms. The summed E-state index contributed by atoms with van der Waals surface area (Å²) >= 11 is 0. The zero-order valence-corrected chi connectivity index (χ0v) is 18.4. The smallest absolute Gasteiger partial charge is 0.246 e. The van der Waals surface area contributed by atoms with E-state index in [2.05, 4.69) is 19.9 Å². The molecule has 1 aromatic carbocycles. The maximum absolute atomic E-state index is 13.2. The van der Waals surface area contributed by atoms with Gasteiger partial charge in [-0.25, -0.2) is 18.4 Å². The van der Waals surface area contributed by atoms with Gasteiger partial charge in [0.1, 0.15) is 10.6 Å². The molecule has 9 heteroatoms. The Morgan fingerprint density at radius 1 is 1.00 bits per heavy atom. The van der Waals surface area contributed by atoms with Crippen molar-refractivity contribution in [2.75, 3.05) is 33.3 Å². The fourth-order valence-electron chi connectivity index (χ4n) is 3.61. The predicted molar refractivity (Wildman–Crippen MR) is 117 cm³/mol. The number of pyridine rings is 1. The first-order valence-electron chi connectivity index (χ1n) is 10.1. The molecule has 2 aromatic heterocycles. The zero-order chi connectivity index (χ0) is 21.8. The van der Waals surface area contributed by atoms with E-state index in [1.165, 1.54) is 16.1 Å². The molecule has 4 rings (SSSR count). The second kappa shape index (κ2) is 9.09. The Labute approximate surface area is 182 Å². The second-order valence-electron chi connectivity index (χ2n) is 7.41. The summed E-state index contributed by atoms with van der Waals surface area (Å²) in [6.07, 6.45) is 4.73. The maximum atomic E-state index is 13.2. The molecule has 0 amide bonds. The van der Waals surface area contributed by atoms with Crippen molar-refractivity contribution in [3.05, 3.63) is 66.2 Å². The van der Waals surface area contributed by atoms with Crippen molar-refractivity contribution in [1.29, 1.82) is 0 Å². The van der Waals surface area contributed by atoms with E-state index in [1.807, 2.05) is 24.3 Å². The van der Waals surface area contributed by atoms with Crippen LogP contribution in [-0.4, -0.2) is 65.9 Å². The van der Waals surface area contributed by atoms with Crippen LogP contribution in [0.4, 0.5) is 0 Å². The van der Waals surface area contributed by atoms with Gasteiger partial charge in [-0.05, 0) is 36.8 Å². The van der Waals surface area contributed by atoms with E-state index in [-0.39, 0.29) is 4.90 Å². The first kappa shape index (κ1) is 21.4. The Morgan fingerprint density at radius 3 is 2.29 bits per heavy atom. The van der Waals surface area contributed by atoms with Crippen molar-refractivity contribution in [3.8, 4) is 17.1 Å². The van der Waals surface area contributed by atoms with Gasteiger partial charge in [-0.1, -0.05) is 12.1 Å². The summed E-state index contributed by atoms with van der Waals surface area (Å²) in [5.74, 6) is 1.32. The summed E-state index contributed by atoms with van der Waals surface area (Å²) < 4.78 is 33.1. The average Bonchev–Trinajstić information content (AvgIpc) is 2.80. The third-order valence-electron chi connectivity index (χ3n) is 5.39. The van der Waals surface area contributed by atoms with Crippen molar-refractivity contribution >= 4 is 10.0 Å². The molecule has 0 spiro atoms. The molecule has 1 fully saturated rings. The quantitative estimate of drug-likeness (QED) is 0.583. The molecule has 162 valence electrons. The minimum absolute atomic E-state index is 0.161. The monoisotopic (exact) mass is 439 g/mol. The normalized spacial score (nSPS) is 15.7. The van der Waals surface area contributed by atoms with Crippen LogP contribution in [0.5, 0.6) is 5.75 Å². The van der Waals surface area contributed by atoms with Gasteiger partial charge in [-0.15, -0.1) is 0 Å². The number of hydrogen-bond acceptors (Lipinski definition) is 7. The van der Waals surface area contributed by atoms with Crippen LogP contribution in [0.2, 0.25) is 0 Å². The largest absolute Gasteiger partial charge is 0.497 e. The van der Waals surface area contributed by atoms with Crippen molar-refractivity contribution in [2.45, 2.75) is 18.4 Å². The molecular formula is C22H25N5O3S. The lowest BCUT2D eigenvalue weighted by Gasteiger charge is -2.34. The third kappa shape index (κ3) is 4.73. The summed E-state index contributed by atoms with van der Waals surface area (Å²) in [5, 5.41) is 0. The van der Waals surface area contributed by atoms with Crippen LogP contribution in [0.15, 0.2) is 59.9 Å². The highest BCUT2D eigenvalue weighted by Gasteiger charge is 2.30. The van der Waals surface area contributed by atoms with E-state index in [1.54, 1.807) is 38.6 Å². The minimum Gasteiger partial charge on any atom is -0.497 e. The molecule has 0 N–H and O–H groups in total. The van der Waals surface area contributed by atoms with Gasteiger partial charge in [0.15, 0.2) is 5.82 Å². The number of aryl methyl sites for hydroxylation is 1. The van der Waals surface area contributed by atoms with E-state index in [0.717, 1.165) is 17.9 Å². The van der Waals surface area contributed by atoms with Crippen LogP contribution in [0.25, 0.3) is 11.4 Å². The Kier molecular flexibility index (Phi) is 6.26. The molecule has 31 heavy (non-hydrogen) atoms. The molecule has 1 saturated heterocycles. The molecule has 1 aliphatic heterocycles. The van der Waals surface area contributed by atoms with Crippen LogP contribution < -0.4 is 4.74 Å². The van der Waals surface area contributed by atoms with Crippen LogP contribution >= 0.6 is 0 Å². The lowest BCUT2D eigenvalue weighted by atomic mass is 10.2. The fourth-order valence-corrected chi connectivity index (χ4v) is 5.13. The number of rotatable bonds is 6. The van der Waals surface area contributed by atoms with Crippen molar-refractivity contribution in [2.24, 2.45) is 0 Å². The van der Waals surface area contributed by atoms with Crippen LogP contribution in [-0.2, 0) is 16.6 Å². The summed E-state index contributed by atoms with van der Waals surface area (Å²) in [6.45, 7) is 4.69. The van der Waals surface area contributed by atoms with Gasteiger partial charge in [0, 0.05) is 50.7 Å². The minimum atomic E-state index is -3.64. The van der Waals surface area contributed by atoms with Gasteiger partial charge in [0.25, 0.3) is 0 Å². The molecule has 0 aliphatic carbocycles. The molecule has 8 nitrogen and oxygen atoms in total. The lowest BCUT2D eigenvalue weighted by molar-refractivity contribution is 0.181. The first-order valence-corrected chi connectivity index (χ1v) is 11.5. The molecular weight excluding hydrogens is 414 g/mol. The molecule has 3 heterocycles. The highest BCUT2D eigenvalue weighted by Crippen LogP contribution is 2.23. The third-order valence-corrected chi connectivity index (χ3v) is 7.39. The van der Waals surface area contributed by atoms with E-state index in [9.17, 15) is 8.42 Å². The molecule has 0 unspecified atom stereocenters. The molecule has 0 radical (unpaired) electrons. The van der Waals surface area contributed by atoms with E-state index >= 15 is 0 Å². The van der Waals surface area contributed by atoms with Crippen molar-refractivity contribution in [1.82, 2.24) is 24.2 Å². The number of nitrogens with zero attached hydrogens (tertiary/aromatic N) is 5. The molecule has 0 saturated carbocycles.